The molecular weight excluding hydrogens is 184 g/mol. The molecule has 0 spiro atoms. The predicted molar refractivity (Wildman–Crippen MR) is 54.3 cm³/mol. The lowest BCUT2D eigenvalue weighted by molar-refractivity contribution is 0.318. The Kier molecular flexibility index (Phi) is 1.90. The molecule has 1 heterocycles. The lowest BCUT2D eigenvalue weighted by atomic mass is 10.2. The fraction of sp³-hybridized carbons (Fsp3) is 0. The number of rotatable bonds is 1. The van der Waals surface area contributed by atoms with Gasteiger partial charge in [-0.3, -0.25) is 0 Å². The lowest BCUT2D eigenvalue weighted by Crippen LogP contribution is -2.11. The van der Waals surface area contributed by atoms with Crippen molar-refractivity contribution in [1.82, 2.24) is 0 Å². The standard InChI is InChI=1S/C9H8N2OS/c10-9(11-12)7-5-13-8-4-2-1-3-6(7)8/h1-5,12H,(H2,10,11). The van der Waals surface area contributed by atoms with Crippen LogP contribution in [0.3, 0.4) is 0 Å². The first-order chi connectivity index (χ1) is 6.33. The quantitative estimate of drug-likeness (QED) is 0.314. The van der Waals surface area contributed by atoms with E-state index in [1.807, 2.05) is 29.6 Å². The van der Waals surface area contributed by atoms with Crippen LogP contribution in [0.15, 0.2) is 34.8 Å². The molecule has 0 fully saturated rings. The first-order valence-corrected chi connectivity index (χ1v) is 4.65. The Bertz CT molecular complexity index is 461. The molecule has 4 heteroatoms. The number of hydrogen-bond donors (Lipinski definition) is 2. The molecular formula is C9H8N2OS. The topological polar surface area (TPSA) is 58.6 Å². The van der Waals surface area contributed by atoms with E-state index >= 15 is 0 Å². The molecule has 66 valence electrons. The number of nitrogens with two attached hydrogens (primary N) is 1. The van der Waals surface area contributed by atoms with E-state index in [4.69, 9.17) is 10.9 Å². The van der Waals surface area contributed by atoms with E-state index in [1.165, 1.54) is 0 Å². The number of oxime groups is 1. The zero-order valence-electron chi connectivity index (χ0n) is 6.77. The van der Waals surface area contributed by atoms with Crippen LogP contribution in [0.5, 0.6) is 0 Å². The van der Waals surface area contributed by atoms with Gasteiger partial charge in [0.2, 0.25) is 0 Å². The van der Waals surface area contributed by atoms with Gasteiger partial charge in [0.15, 0.2) is 5.84 Å². The van der Waals surface area contributed by atoms with Crippen molar-refractivity contribution in [1.29, 1.82) is 0 Å². The van der Waals surface area contributed by atoms with Crippen LogP contribution in [0, 0.1) is 0 Å². The van der Waals surface area contributed by atoms with E-state index in [0.717, 1.165) is 15.6 Å². The summed E-state index contributed by atoms with van der Waals surface area (Å²) in [5.41, 5.74) is 6.31. The summed E-state index contributed by atoms with van der Waals surface area (Å²) in [6, 6.07) is 7.87. The molecule has 0 unspecified atom stereocenters. The van der Waals surface area contributed by atoms with Crippen LogP contribution in [-0.4, -0.2) is 11.0 Å². The maximum Gasteiger partial charge on any atom is 0.171 e. The van der Waals surface area contributed by atoms with Crippen molar-refractivity contribution in [3.05, 3.63) is 35.2 Å². The molecule has 0 aliphatic carbocycles. The van der Waals surface area contributed by atoms with Crippen molar-refractivity contribution in [2.45, 2.75) is 0 Å². The van der Waals surface area contributed by atoms with Crippen LogP contribution < -0.4 is 5.73 Å². The van der Waals surface area contributed by atoms with E-state index < -0.39 is 0 Å². The van der Waals surface area contributed by atoms with Crippen LogP contribution in [0.1, 0.15) is 5.56 Å². The van der Waals surface area contributed by atoms with E-state index in [0.29, 0.717) is 0 Å². The lowest BCUT2D eigenvalue weighted by Gasteiger charge is -1.94. The van der Waals surface area contributed by atoms with Gasteiger partial charge >= 0.3 is 0 Å². The number of amidine groups is 1. The highest BCUT2D eigenvalue weighted by Crippen LogP contribution is 2.25. The Morgan fingerprint density at radius 3 is 2.92 bits per heavy atom. The van der Waals surface area contributed by atoms with Crippen LogP contribution in [0.4, 0.5) is 0 Å². The highest BCUT2D eigenvalue weighted by Gasteiger charge is 2.06. The minimum absolute atomic E-state index is 0.164. The van der Waals surface area contributed by atoms with Crippen LogP contribution in [-0.2, 0) is 0 Å². The molecule has 0 saturated heterocycles. The Morgan fingerprint density at radius 2 is 2.15 bits per heavy atom. The zero-order chi connectivity index (χ0) is 9.26. The van der Waals surface area contributed by atoms with Crippen molar-refractivity contribution in [2.24, 2.45) is 10.9 Å². The van der Waals surface area contributed by atoms with Crippen LogP contribution >= 0.6 is 11.3 Å². The molecule has 1 aromatic heterocycles. The fourth-order valence-corrected chi connectivity index (χ4v) is 2.18. The second-order valence-electron chi connectivity index (χ2n) is 2.63. The van der Waals surface area contributed by atoms with Gasteiger partial charge in [0.1, 0.15) is 0 Å². The molecule has 2 rings (SSSR count). The SMILES string of the molecule is N/C(=N\O)c1csc2ccccc12. The minimum Gasteiger partial charge on any atom is -0.409 e. The van der Waals surface area contributed by atoms with E-state index in [9.17, 15) is 0 Å². The third kappa shape index (κ3) is 1.25. The molecule has 0 atom stereocenters. The summed E-state index contributed by atoms with van der Waals surface area (Å²) in [5, 5.41) is 14.4. The minimum atomic E-state index is 0.164. The third-order valence-corrected chi connectivity index (χ3v) is 2.83. The van der Waals surface area contributed by atoms with Crippen molar-refractivity contribution < 1.29 is 5.21 Å². The van der Waals surface area contributed by atoms with Crippen molar-refractivity contribution in [3.63, 3.8) is 0 Å². The molecule has 3 N–H and O–H groups in total. The molecule has 2 aromatic rings. The van der Waals surface area contributed by atoms with E-state index in [1.54, 1.807) is 11.3 Å². The van der Waals surface area contributed by atoms with Gasteiger partial charge in [-0.05, 0) is 6.07 Å². The van der Waals surface area contributed by atoms with Gasteiger partial charge in [0.05, 0.1) is 0 Å². The van der Waals surface area contributed by atoms with Crippen LogP contribution in [0.2, 0.25) is 0 Å². The van der Waals surface area contributed by atoms with Crippen molar-refractivity contribution in [3.8, 4) is 0 Å². The largest absolute Gasteiger partial charge is 0.409 e. The first kappa shape index (κ1) is 8.07. The monoisotopic (exact) mass is 192 g/mol. The van der Waals surface area contributed by atoms with Gasteiger partial charge in [-0.15, -0.1) is 11.3 Å². The average Bonchev–Trinajstić information content (AvgIpc) is 2.60. The van der Waals surface area contributed by atoms with Gasteiger partial charge in [-0.25, -0.2) is 0 Å². The van der Waals surface area contributed by atoms with Gasteiger partial charge in [0.25, 0.3) is 0 Å². The van der Waals surface area contributed by atoms with Crippen molar-refractivity contribution >= 4 is 27.3 Å². The molecule has 0 saturated carbocycles. The number of benzene rings is 1. The van der Waals surface area contributed by atoms with Gasteiger partial charge in [0, 0.05) is 21.0 Å². The summed E-state index contributed by atoms with van der Waals surface area (Å²) >= 11 is 1.59. The fourth-order valence-electron chi connectivity index (χ4n) is 1.23. The van der Waals surface area contributed by atoms with Crippen molar-refractivity contribution in [2.75, 3.05) is 0 Å². The highest BCUT2D eigenvalue weighted by molar-refractivity contribution is 7.17. The van der Waals surface area contributed by atoms with Crippen LogP contribution in [0.25, 0.3) is 10.1 Å². The summed E-state index contributed by atoms with van der Waals surface area (Å²) in [7, 11) is 0. The molecule has 0 radical (unpaired) electrons. The summed E-state index contributed by atoms with van der Waals surface area (Å²) in [6.45, 7) is 0. The number of nitrogens with zero attached hydrogens (tertiary/aromatic N) is 1. The Balaban J connectivity index is 2.71. The average molecular weight is 192 g/mol. The molecule has 13 heavy (non-hydrogen) atoms. The van der Waals surface area contributed by atoms with Gasteiger partial charge < -0.3 is 10.9 Å². The molecule has 0 aliphatic rings. The zero-order valence-corrected chi connectivity index (χ0v) is 7.58. The summed E-state index contributed by atoms with van der Waals surface area (Å²) in [4.78, 5) is 0. The summed E-state index contributed by atoms with van der Waals surface area (Å²) < 4.78 is 1.14. The van der Waals surface area contributed by atoms with E-state index in [2.05, 4.69) is 5.16 Å². The smallest absolute Gasteiger partial charge is 0.171 e. The number of fused-ring (bicyclic) bond motifs is 1. The second-order valence-corrected chi connectivity index (χ2v) is 3.54. The second kappa shape index (κ2) is 3.06. The predicted octanol–water partition coefficient (Wildman–Crippen LogP) is 2.00. The third-order valence-electron chi connectivity index (χ3n) is 1.86. The van der Waals surface area contributed by atoms with Gasteiger partial charge in [-0.2, -0.15) is 0 Å². The summed E-state index contributed by atoms with van der Waals surface area (Å²) in [6.07, 6.45) is 0. The number of hydrogen-bond acceptors (Lipinski definition) is 3. The Hall–Kier alpha value is -1.55. The Labute approximate surface area is 79.1 Å². The maximum absolute atomic E-state index is 8.53. The Morgan fingerprint density at radius 1 is 1.38 bits per heavy atom. The molecule has 0 aliphatic heterocycles. The van der Waals surface area contributed by atoms with E-state index in [-0.39, 0.29) is 5.84 Å². The first-order valence-electron chi connectivity index (χ1n) is 3.77. The molecule has 1 aromatic carbocycles. The molecule has 3 nitrogen and oxygen atoms in total. The number of thiophene rings is 1. The van der Waals surface area contributed by atoms with Gasteiger partial charge in [-0.1, -0.05) is 23.4 Å². The highest BCUT2D eigenvalue weighted by atomic mass is 32.1. The summed E-state index contributed by atoms with van der Waals surface area (Å²) in [5.74, 6) is 0.164. The maximum atomic E-state index is 8.53. The molecule has 0 amide bonds. The molecule has 0 bridgehead atoms. The normalized spacial score (nSPS) is 12.2.